The first-order chi connectivity index (χ1) is 17.0. The number of aromatic nitrogens is 3. The molecule has 1 aliphatic heterocycles. The van der Waals surface area contributed by atoms with Crippen molar-refractivity contribution >= 4 is 17.0 Å². The number of para-hydroxylation sites is 1. The van der Waals surface area contributed by atoms with Gasteiger partial charge in [0.25, 0.3) is 0 Å². The van der Waals surface area contributed by atoms with Crippen LogP contribution in [0.5, 0.6) is 0 Å². The molecule has 6 heteroatoms. The summed E-state index contributed by atoms with van der Waals surface area (Å²) in [5, 5.41) is 6.41. The summed E-state index contributed by atoms with van der Waals surface area (Å²) in [6.07, 6.45) is 3.48. The average Bonchev–Trinajstić information content (AvgIpc) is 3.50. The summed E-state index contributed by atoms with van der Waals surface area (Å²) < 4.78 is 7.93. The predicted molar refractivity (Wildman–Crippen MR) is 144 cm³/mol. The third-order valence-corrected chi connectivity index (χ3v) is 7.17. The van der Waals surface area contributed by atoms with Crippen molar-refractivity contribution in [1.82, 2.24) is 19.7 Å². The van der Waals surface area contributed by atoms with Gasteiger partial charge in [0.2, 0.25) is 0 Å². The van der Waals surface area contributed by atoms with Crippen molar-refractivity contribution < 1.29 is 9.53 Å². The third kappa shape index (κ3) is 3.89. The molecule has 0 spiro atoms. The Bertz CT molecular complexity index is 1430. The number of H-pyrrole nitrogens is 1. The Labute approximate surface area is 213 Å². The monoisotopic (exact) mass is 484 g/mol. The summed E-state index contributed by atoms with van der Waals surface area (Å²) in [7, 11) is 0. The minimum Gasteiger partial charge on any atom is -0.444 e. The Morgan fingerprint density at radius 1 is 1.08 bits per heavy atom. The van der Waals surface area contributed by atoms with Crippen LogP contribution in [-0.2, 0) is 29.7 Å². The Kier molecular flexibility index (Phi) is 5.73. The van der Waals surface area contributed by atoms with Crippen LogP contribution in [0.1, 0.15) is 70.9 Å². The fourth-order valence-corrected chi connectivity index (χ4v) is 5.33. The zero-order chi connectivity index (χ0) is 25.8. The van der Waals surface area contributed by atoms with Gasteiger partial charge >= 0.3 is 6.09 Å². The molecule has 0 bridgehead atoms. The van der Waals surface area contributed by atoms with Crippen LogP contribution in [0.4, 0.5) is 4.79 Å². The highest BCUT2D eigenvalue weighted by Gasteiger charge is 2.47. The van der Waals surface area contributed by atoms with Gasteiger partial charge in [-0.05, 0) is 76.8 Å². The summed E-state index contributed by atoms with van der Waals surface area (Å²) in [6.45, 7) is 14.7. The molecule has 36 heavy (non-hydrogen) atoms. The van der Waals surface area contributed by atoms with E-state index in [-0.39, 0.29) is 6.09 Å². The Hall–Kier alpha value is -3.54. The molecule has 0 aliphatic carbocycles. The number of hydrogen-bond donors (Lipinski definition) is 1. The fraction of sp³-hybridized carbons (Fsp3) is 0.400. The zero-order valence-corrected chi connectivity index (χ0v) is 22.4. The molecule has 1 amide bonds. The van der Waals surface area contributed by atoms with Gasteiger partial charge in [0.1, 0.15) is 5.60 Å². The lowest BCUT2D eigenvalue weighted by Crippen LogP contribution is -2.43. The fourth-order valence-electron chi connectivity index (χ4n) is 5.33. The molecule has 0 unspecified atom stereocenters. The van der Waals surface area contributed by atoms with Crippen LogP contribution in [0.2, 0.25) is 0 Å². The predicted octanol–water partition coefficient (Wildman–Crippen LogP) is 7.13. The van der Waals surface area contributed by atoms with Gasteiger partial charge in [-0.3, -0.25) is 4.90 Å². The molecule has 3 heterocycles. The number of rotatable bonds is 4. The van der Waals surface area contributed by atoms with Crippen molar-refractivity contribution in [3.8, 4) is 16.9 Å². The van der Waals surface area contributed by atoms with Crippen molar-refractivity contribution in [2.24, 2.45) is 0 Å². The van der Waals surface area contributed by atoms with Gasteiger partial charge in [0.15, 0.2) is 0 Å². The van der Waals surface area contributed by atoms with E-state index in [1.807, 2.05) is 31.9 Å². The maximum atomic E-state index is 13.3. The largest absolute Gasteiger partial charge is 0.444 e. The summed E-state index contributed by atoms with van der Waals surface area (Å²) >= 11 is 0. The number of hydrogen-bond acceptors (Lipinski definition) is 3. The number of carbonyl (C=O) groups is 1. The van der Waals surface area contributed by atoms with Crippen molar-refractivity contribution in [3.05, 3.63) is 71.0 Å². The second-order valence-corrected chi connectivity index (χ2v) is 11.1. The first-order valence-electron chi connectivity index (χ1n) is 12.9. The van der Waals surface area contributed by atoms with Crippen LogP contribution in [0.15, 0.2) is 48.7 Å². The van der Waals surface area contributed by atoms with E-state index in [0.717, 1.165) is 51.9 Å². The molecule has 188 valence electrons. The zero-order valence-electron chi connectivity index (χ0n) is 22.4. The summed E-state index contributed by atoms with van der Waals surface area (Å²) in [6, 6.07) is 15.1. The number of nitrogens with one attached hydrogen (secondary N) is 1. The summed E-state index contributed by atoms with van der Waals surface area (Å²) in [4.78, 5) is 18.4. The van der Waals surface area contributed by atoms with Gasteiger partial charge in [-0.1, -0.05) is 38.1 Å². The van der Waals surface area contributed by atoms with Crippen LogP contribution < -0.4 is 0 Å². The first-order valence-corrected chi connectivity index (χ1v) is 12.9. The van der Waals surface area contributed by atoms with Gasteiger partial charge in [-0.25, -0.2) is 9.48 Å². The van der Waals surface area contributed by atoms with Crippen LogP contribution in [0.25, 0.3) is 27.8 Å². The molecule has 1 aliphatic rings. The van der Waals surface area contributed by atoms with Crippen molar-refractivity contribution in [2.75, 3.05) is 0 Å². The SMILES string of the molecule is CCc1cccc(CC)c1-n1nc2c(c1-c1ccc3[nH]ccc3c1)CN(C(=O)OC(C)(C)C)C2(C)C. The number of aryl methyl sites for hydroxylation is 2. The molecule has 0 fully saturated rings. The van der Waals surface area contributed by atoms with E-state index in [1.165, 1.54) is 11.1 Å². The van der Waals surface area contributed by atoms with E-state index in [2.05, 4.69) is 79.8 Å². The Balaban J connectivity index is 1.75. The lowest BCUT2D eigenvalue weighted by Gasteiger charge is -2.33. The van der Waals surface area contributed by atoms with E-state index in [0.29, 0.717) is 6.54 Å². The standard InChI is InChI=1S/C30H36N4O2/c1-8-19-11-10-12-20(9-2)25(19)34-26(22-13-14-24-21(17-22)15-16-31-24)23-18-33(28(35)36-29(3,4)5)30(6,7)27(23)32-34/h10-17,31H,8-9,18H2,1-7H3. The van der Waals surface area contributed by atoms with Crippen LogP contribution in [0.3, 0.4) is 0 Å². The number of ether oxygens (including phenoxy) is 1. The molecule has 0 atom stereocenters. The minimum atomic E-state index is -0.608. The number of benzene rings is 2. The smallest absolute Gasteiger partial charge is 0.411 e. The molecular weight excluding hydrogens is 448 g/mol. The lowest BCUT2D eigenvalue weighted by atomic mass is 9.98. The minimum absolute atomic E-state index is 0.313. The lowest BCUT2D eigenvalue weighted by molar-refractivity contribution is 0.00442. The topological polar surface area (TPSA) is 63.2 Å². The molecule has 4 aromatic rings. The second kappa shape index (κ2) is 8.54. The molecule has 0 saturated carbocycles. The third-order valence-electron chi connectivity index (χ3n) is 7.17. The Morgan fingerprint density at radius 3 is 2.42 bits per heavy atom. The van der Waals surface area contributed by atoms with E-state index >= 15 is 0 Å². The van der Waals surface area contributed by atoms with E-state index in [4.69, 9.17) is 9.84 Å². The summed E-state index contributed by atoms with van der Waals surface area (Å²) in [5.41, 5.74) is 7.74. The van der Waals surface area contributed by atoms with E-state index in [9.17, 15) is 4.79 Å². The number of aromatic amines is 1. The van der Waals surface area contributed by atoms with E-state index in [1.54, 1.807) is 0 Å². The molecule has 2 aromatic heterocycles. The summed E-state index contributed by atoms with van der Waals surface area (Å²) in [5.74, 6) is 0. The highest BCUT2D eigenvalue weighted by atomic mass is 16.6. The van der Waals surface area contributed by atoms with E-state index < -0.39 is 11.1 Å². The molecular formula is C30H36N4O2. The number of amides is 1. The maximum absolute atomic E-state index is 13.3. The maximum Gasteiger partial charge on any atom is 0.411 e. The van der Waals surface area contributed by atoms with Crippen molar-refractivity contribution in [1.29, 1.82) is 0 Å². The molecule has 0 radical (unpaired) electrons. The van der Waals surface area contributed by atoms with Gasteiger partial charge < -0.3 is 9.72 Å². The van der Waals surface area contributed by atoms with Gasteiger partial charge in [0, 0.05) is 28.2 Å². The molecule has 2 aromatic carbocycles. The molecule has 0 saturated heterocycles. The van der Waals surface area contributed by atoms with Crippen LogP contribution in [0, 0.1) is 0 Å². The van der Waals surface area contributed by atoms with Gasteiger partial charge in [0.05, 0.1) is 29.2 Å². The van der Waals surface area contributed by atoms with Crippen molar-refractivity contribution in [3.63, 3.8) is 0 Å². The van der Waals surface area contributed by atoms with Crippen LogP contribution in [-0.4, -0.2) is 31.4 Å². The van der Waals surface area contributed by atoms with Gasteiger partial charge in [-0.2, -0.15) is 5.10 Å². The normalized spacial score (nSPS) is 14.9. The number of carbonyl (C=O) groups excluding carboxylic acids is 1. The quantitative estimate of drug-likeness (QED) is 0.335. The van der Waals surface area contributed by atoms with Crippen molar-refractivity contribution in [2.45, 2.75) is 79.0 Å². The number of nitrogens with zero attached hydrogens (tertiary/aromatic N) is 3. The second-order valence-electron chi connectivity index (χ2n) is 11.1. The highest BCUT2D eigenvalue weighted by Crippen LogP contribution is 2.45. The molecule has 1 N–H and O–H groups in total. The highest BCUT2D eigenvalue weighted by molar-refractivity contribution is 5.86. The average molecular weight is 485 g/mol. The molecule has 5 rings (SSSR count). The first kappa shape index (κ1) is 24.2. The molecule has 6 nitrogen and oxygen atoms in total. The Morgan fingerprint density at radius 2 is 1.78 bits per heavy atom. The van der Waals surface area contributed by atoms with Gasteiger partial charge in [-0.15, -0.1) is 0 Å². The van der Waals surface area contributed by atoms with Crippen LogP contribution >= 0.6 is 0 Å². The number of fused-ring (bicyclic) bond motifs is 2.